The second kappa shape index (κ2) is 5.33. The van der Waals surface area contributed by atoms with Crippen LogP contribution in [0.5, 0.6) is 0 Å². The summed E-state index contributed by atoms with van der Waals surface area (Å²) >= 11 is 0. The van der Waals surface area contributed by atoms with Gasteiger partial charge in [-0.05, 0) is 24.1 Å². The highest BCUT2D eigenvalue weighted by atomic mass is 16.1. The summed E-state index contributed by atoms with van der Waals surface area (Å²) in [6, 6.07) is 19.3. The lowest BCUT2D eigenvalue weighted by molar-refractivity contribution is -0.114. The molecule has 0 saturated carbocycles. The lowest BCUT2D eigenvalue weighted by Crippen LogP contribution is -2.21. The molecular weight excluding hydrogens is 260 g/mol. The second-order valence-electron chi connectivity index (χ2n) is 4.98. The first-order chi connectivity index (χ1) is 10.2. The lowest BCUT2D eigenvalue weighted by atomic mass is 9.74. The van der Waals surface area contributed by atoms with E-state index in [9.17, 15) is 9.59 Å². The van der Waals surface area contributed by atoms with Crippen LogP contribution in [0.3, 0.4) is 0 Å². The van der Waals surface area contributed by atoms with Crippen molar-refractivity contribution in [3.05, 3.63) is 83.4 Å². The third-order valence-corrected chi connectivity index (χ3v) is 3.46. The van der Waals surface area contributed by atoms with Gasteiger partial charge in [0.2, 0.25) is 0 Å². The highest BCUT2D eigenvalue weighted by Gasteiger charge is 2.35. The van der Waals surface area contributed by atoms with Gasteiger partial charge in [0.05, 0.1) is 0 Å². The zero-order valence-electron chi connectivity index (χ0n) is 11.7. The molecule has 0 N–H and O–H groups in total. The summed E-state index contributed by atoms with van der Waals surface area (Å²) < 4.78 is 0. The van der Waals surface area contributed by atoms with Crippen LogP contribution in [0.2, 0.25) is 0 Å². The molecule has 0 fully saturated rings. The lowest BCUT2D eigenvalue weighted by Gasteiger charge is -2.26. The molecule has 21 heavy (non-hydrogen) atoms. The Morgan fingerprint density at radius 2 is 1.29 bits per heavy atom. The average molecular weight is 274 g/mol. The Bertz CT molecular complexity index is 766. The quantitative estimate of drug-likeness (QED) is 0.800. The van der Waals surface area contributed by atoms with Crippen molar-refractivity contribution >= 4 is 22.7 Å². The van der Waals surface area contributed by atoms with Crippen LogP contribution in [0.1, 0.15) is 18.1 Å². The fraction of sp³-hybridized carbons (Fsp3) is 0.0526. The van der Waals surface area contributed by atoms with Crippen molar-refractivity contribution in [2.75, 3.05) is 0 Å². The van der Waals surface area contributed by atoms with E-state index in [4.69, 9.17) is 0 Å². The van der Waals surface area contributed by atoms with Crippen molar-refractivity contribution in [2.24, 2.45) is 0 Å². The van der Waals surface area contributed by atoms with Crippen LogP contribution >= 0.6 is 0 Å². The second-order valence-corrected chi connectivity index (χ2v) is 4.98. The molecule has 0 radical (unpaired) electrons. The molecule has 1 aliphatic rings. The van der Waals surface area contributed by atoms with Gasteiger partial charge in [0.1, 0.15) is 0 Å². The molecule has 3 rings (SSSR count). The Morgan fingerprint density at radius 3 is 1.76 bits per heavy atom. The normalized spacial score (nSPS) is 16.0. The van der Waals surface area contributed by atoms with Gasteiger partial charge in [0, 0.05) is 16.7 Å². The smallest absolute Gasteiger partial charge is 0.195 e. The number of allylic oxidation sites excluding steroid dienone is 4. The van der Waals surface area contributed by atoms with Crippen LogP contribution in [-0.4, -0.2) is 11.6 Å². The first-order valence-electron chi connectivity index (χ1n) is 6.81. The maximum atomic E-state index is 12.4. The van der Waals surface area contributed by atoms with Crippen molar-refractivity contribution in [1.29, 1.82) is 0 Å². The SMILES string of the molecule is CC(=O)C=C1C(=O)C(c2ccccc2)=C1c1ccccc1. The third kappa shape index (κ3) is 2.36. The summed E-state index contributed by atoms with van der Waals surface area (Å²) in [4.78, 5) is 23.8. The standard InChI is InChI=1S/C19H14O2/c1-13(20)12-16-17(14-8-4-2-5-9-14)18(19(16)21)15-10-6-3-7-11-15/h2-12H,1H3. The minimum Gasteiger partial charge on any atom is -0.295 e. The summed E-state index contributed by atoms with van der Waals surface area (Å²) in [5.41, 5.74) is 3.91. The van der Waals surface area contributed by atoms with E-state index < -0.39 is 0 Å². The molecule has 2 aromatic carbocycles. The van der Waals surface area contributed by atoms with Crippen molar-refractivity contribution in [3.63, 3.8) is 0 Å². The maximum absolute atomic E-state index is 12.4. The maximum Gasteiger partial charge on any atom is 0.195 e. The number of hydrogen-bond acceptors (Lipinski definition) is 2. The van der Waals surface area contributed by atoms with E-state index in [0.29, 0.717) is 11.1 Å². The molecule has 0 bridgehead atoms. The summed E-state index contributed by atoms with van der Waals surface area (Å²) in [6.45, 7) is 1.46. The third-order valence-electron chi connectivity index (χ3n) is 3.46. The zero-order chi connectivity index (χ0) is 14.8. The van der Waals surface area contributed by atoms with Crippen LogP contribution in [0.15, 0.2) is 72.3 Å². The van der Waals surface area contributed by atoms with Crippen molar-refractivity contribution in [1.82, 2.24) is 0 Å². The van der Waals surface area contributed by atoms with Crippen LogP contribution in [0.25, 0.3) is 11.1 Å². The Kier molecular flexibility index (Phi) is 3.36. The molecule has 0 heterocycles. The number of benzene rings is 2. The fourth-order valence-electron chi connectivity index (χ4n) is 2.56. The van der Waals surface area contributed by atoms with E-state index >= 15 is 0 Å². The van der Waals surface area contributed by atoms with E-state index in [1.54, 1.807) is 0 Å². The number of hydrogen-bond donors (Lipinski definition) is 0. The largest absolute Gasteiger partial charge is 0.295 e. The van der Waals surface area contributed by atoms with Crippen molar-refractivity contribution in [3.8, 4) is 0 Å². The molecule has 0 aliphatic heterocycles. The Morgan fingerprint density at radius 1 is 0.810 bits per heavy atom. The molecule has 2 aromatic rings. The highest BCUT2D eigenvalue weighted by molar-refractivity contribution is 6.50. The van der Waals surface area contributed by atoms with E-state index in [1.807, 2.05) is 60.7 Å². The van der Waals surface area contributed by atoms with Gasteiger partial charge in [-0.15, -0.1) is 0 Å². The molecule has 2 nitrogen and oxygen atoms in total. The summed E-state index contributed by atoms with van der Waals surface area (Å²) in [6.07, 6.45) is 1.43. The minimum atomic E-state index is -0.112. The number of carbonyl (C=O) groups excluding carboxylic acids is 2. The van der Waals surface area contributed by atoms with Gasteiger partial charge < -0.3 is 0 Å². The zero-order valence-corrected chi connectivity index (χ0v) is 11.7. The molecule has 0 unspecified atom stereocenters. The molecule has 2 heteroatoms. The van der Waals surface area contributed by atoms with Gasteiger partial charge in [-0.1, -0.05) is 60.7 Å². The van der Waals surface area contributed by atoms with Crippen LogP contribution in [0.4, 0.5) is 0 Å². The van der Waals surface area contributed by atoms with Gasteiger partial charge in [-0.25, -0.2) is 0 Å². The Balaban J connectivity index is 2.22. The Hall–Kier alpha value is -2.74. The number of Topliss-reactive ketones (excluding diaryl/α,β-unsaturated/α-hetero) is 1. The summed E-state index contributed by atoms with van der Waals surface area (Å²) in [5, 5.41) is 0. The van der Waals surface area contributed by atoms with Crippen molar-refractivity contribution < 1.29 is 9.59 Å². The molecule has 0 aromatic heterocycles. The highest BCUT2D eigenvalue weighted by Crippen LogP contribution is 2.43. The number of rotatable bonds is 3. The monoisotopic (exact) mass is 274 g/mol. The predicted octanol–water partition coefficient (Wildman–Crippen LogP) is 3.70. The molecule has 102 valence electrons. The number of carbonyl (C=O) groups is 2. The molecular formula is C19H14O2. The van der Waals surface area contributed by atoms with Gasteiger partial charge in [0.25, 0.3) is 0 Å². The summed E-state index contributed by atoms with van der Waals surface area (Å²) in [5.74, 6) is -0.172. The van der Waals surface area contributed by atoms with E-state index in [2.05, 4.69) is 0 Å². The minimum absolute atomic E-state index is 0.0600. The first-order valence-corrected chi connectivity index (χ1v) is 6.81. The topological polar surface area (TPSA) is 34.1 Å². The van der Waals surface area contributed by atoms with Gasteiger partial charge in [-0.2, -0.15) is 0 Å². The van der Waals surface area contributed by atoms with Gasteiger partial charge in [-0.3, -0.25) is 9.59 Å². The van der Waals surface area contributed by atoms with Gasteiger partial charge in [0.15, 0.2) is 11.6 Å². The van der Waals surface area contributed by atoms with E-state index in [-0.39, 0.29) is 11.6 Å². The van der Waals surface area contributed by atoms with Crippen LogP contribution < -0.4 is 0 Å². The number of ketones is 2. The Labute approximate surface area is 123 Å². The average Bonchev–Trinajstić information content (AvgIpc) is 2.51. The first kappa shape index (κ1) is 13.3. The van der Waals surface area contributed by atoms with E-state index in [0.717, 1.165) is 16.7 Å². The molecule has 0 amide bonds. The summed E-state index contributed by atoms with van der Waals surface area (Å²) in [7, 11) is 0. The fourth-order valence-corrected chi connectivity index (χ4v) is 2.56. The van der Waals surface area contributed by atoms with E-state index in [1.165, 1.54) is 13.0 Å². The van der Waals surface area contributed by atoms with Crippen molar-refractivity contribution in [2.45, 2.75) is 6.92 Å². The molecule has 1 aliphatic carbocycles. The van der Waals surface area contributed by atoms with Crippen LogP contribution in [-0.2, 0) is 9.59 Å². The molecule has 0 spiro atoms. The van der Waals surface area contributed by atoms with Crippen LogP contribution in [0, 0.1) is 0 Å². The molecule has 0 atom stereocenters. The molecule has 0 saturated heterocycles. The predicted molar refractivity (Wildman–Crippen MR) is 83.5 cm³/mol. The van der Waals surface area contributed by atoms with Gasteiger partial charge >= 0.3 is 0 Å².